The first kappa shape index (κ1) is 34.0. The molecule has 0 atom stereocenters. The van der Waals surface area contributed by atoms with Gasteiger partial charge in [-0.3, -0.25) is 0 Å². The molecular formula is C56H37NS. The first-order valence-corrected chi connectivity index (χ1v) is 20.6. The molecule has 1 heterocycles. The molecule has 0 spiro atoms. The highest BCUT2D eigenvalue weighted by molar-refractivity contribution is 7.25. The summed E-state index contributed by atoms with van der Waals surface area (Å²) in [6.07, 6.45) is 0. The van der Waals surface area contributed by atoms with Gasteiger partial charge in [0.1, 0.15) is 0 Å². The van der Waals surface area contributed by atoms with Gasteiger partial charge in [0, 0.05) is 37.1 Å². The molecule has 58 heavy (non-hydrogen) atoms. The minimum absolute atomic E-state index is 1.10. The van der Waals surface area contributed by atoms with Crippen LogP contribution in [-0.4, -0.2) is 0 Å². The number of hydrogen-bond donors (Lipinski definition) is 0. The molecule has 0 aliphatic rings. The summed E-state index contributed by atoms with van der Waals surface area (Å²) < 4.78 is 2.62. The molecule has 0 unspecified atom stereocenters. The van der Waals surface area contributed by atoms with Crippen molar-refractivity contribution < 1.29 is 0 Å². The number of nitrogens with zero attached hydrogens (tertiary/aromatic N) is 1. The monoisotopic (exact) mass is 755 g/mol. The first-order chi connectivity index (χ1) is 28.7. The fraction of sp³-hybridized carbons (Fsp3) is 0. The molecule has 1 aromatic heterocycles. The van der Waals surface area contributed by atoms with Gasteiger partial charge in [0.15, 0.2) is 0 Å². The van der Waals surface area contributed by atoms with E-state index in [1.807, 2.05) is 11.3 Å². The lowest BCUT2D eigenvalue weighted by molar-refractivity contribution is 1.28. The van der Waals surface area contributed by atoms with Crippen molar-refractivity contribution in [3.63, 3.8) is 0 Å². The zero-order valence-electron chi connectivity index (χ0n) is 31.7. The second-order valence-electron chi connectivity index (χ2n) is 14.9. The van der Waals surface area contributed by atoms with E-state index in [4.69, 9.17) is 0 Å². The summed E-state index contributed by atoms with van der Waals surface area (Å²) in [6.45, 7) is 0. The molecule has 0 radical (unpaired) electrons. The van der Waals surface area contributed by atoms with Crippen molar-refractivity contribution in [2.45, 2.75) is 0 Å². The van der Waals surface area contributed by atoms with Crippen LogP contribution in [0.2, 0.25) is 0 Å². The SMILES string of the molecule is c1ccc(-c2cc(N(c3ccc(-c4cccc5ccccc45)cc3)c3ccccc3-c3ccccc3)ccc2-c2ccc3c(c2)sc2cc4ccccc4cc23)cc1. The summed E-state index contributed by atoms with van der Waals surface area (Å²) in [5.41, 5.74) is 12.9. The second kappa shape index (κ2) is 14.4. The van der Waals surface area contributed by atoms with Crippen molar-refractivity contribution in [1.82, 2.24) is 0 Å². The summed E-state index contributed by atoms with van der Waals surface area (Å²) in [5.74, 6) is 0. The van der Waals surface area contributed by atoms with Crippen molar-refractivity contribution in [2.75, 3.05) is 4.90 Å². The maximum atomic E-state index is 2.42. The molecule has 0 N–H and O–H groups in total. The fourth-order valence-corrected chi connectivity index (χ4v) is 9.81. The molecular weight excluding hydrogens is 719 g/mol. The number of para-hydroxylation sites is 1. The molecule has 11 rings (SSSR count). The Kier molecular flexibility index (Phi) is 8.42. The average molecular weight is 756 g/mol. The normalized spacial score (nSPS) is 11.4. The quantitative estimate of drug-likeness (QED) is 0.157. The number of anilines is 3. The van der Waals surface area contributed by atoms with Gasteiger partial charge in [-0.25, -0.2) is 0 Å². The topological polar surface area (TPSA) is 3.24 Å². The van der Waals surface area contributed by atoms with Crippen molar-refractivity contribution in [3.8, 4) is 44.5 Å². The standard InChI is InChI=1S/C56H37NS/c1-3-14-39(15-4-1)50-23-11-12-25-54(50)57(45-29-26-41(27-30-45)48-24-13-21-38-18-9-10-22-47(38)48)46-31-33-49(52(37-46)40-16-5-2-6-17-40)44-28-32-51-53-34-42-19-7-8-20-43(42)35-56(53)58-55(51)36-44/h1-37H. The van der Waals surface area contributed by atoms with Gasteiger partial charge in [0.05, 0.1) is 5.69 Å². The summed E-state index contributed by atoms with van der Waals surface area (Å²) in [7, 11) is 0. The van der Waals surface area contributed by atoms with Crippen LogP contribution in [0.25, 0.3) is 86.2 Å². The predicted octanol–water partition coefficient (Wildman–Crippen LogP) is 16.5. The van der Waals surface area contributed by atoms with Gasteiger partial charge < -0.3 is 4.90 Å². The number of hydrogen-bond acceptors (Lipinski definition) is 2. The summed E-state index contributed by atoms with van der Waals surface area (Å²) in [6, 6.07) is 82.0. The Morgan fingerprint density at radius 1 is 0.276 bits per heavy atom. The number of thiophene rings is 1. The molecule has 1 nitrogen and oxygen atoms in total. The molecule has 0 saturated heterocycles. The van der Waals surface area contributed by atoms with Crippen molar-refractivity contribution >= 4 is 70.1 Å². The highest BCUT2D eigenvalue weighted by atomic mass is 32.1. The molecule has 11 aromatic rings. The summed E-state index contributed by atoms with van der Waals surface area (Å²) in [4.78, 5) is 2.42. The van der Waals surface area contributed by atoms with Crippen LogP contribution in [0.15, 0.2) is 224 Å². The molecule has 0 aliphatic carbocycles. The lowest BCUT2D eigenvalue weighted by Gasteiger charge is -2.29. The van der Waals surface area contributed by atoms with E-state index in [9.17, 15) is 0 Å². The smallest absolute Gasteiger partial charge is 0.0540 e. The fourth-order valence-electron chi connectivity index (χ4n) is 8.63. The van der Waals surface area contributed by atoms with Gasteiger partial charge in [-0.1, -0.05) is 176 Å². The Hall–Kier alpha value is -7.26. The van der Waals surface area contributed by atoms with Gasteiger partial charge >= 0.3 is 0 Å². The van der Waals surface area contributed by atoms with E-state index in [0.717, 1.165) is 17.1 Å². The summed E-state index contributed by atoms with van der Waals surface area (Å²) >= 11 is 1.88. The zero-order valence-corrected chi connectivity index (χ0v) is 32.5. The minimum atomic E-state index is 1.10. The molecule has 2 heteroatoms. The van der Waals surface area contributed by atoms with E-state index in [2.05, 4.69) is 229 Å². The molecule has 10 aromatic carbocycles. The van der Waals surface area contributed by atoms with E-state index in [0.29, 0.717) is 0 Å². The first-order valence-electron chi connectivity index (χ1n) is 19.8. The van der Waals surface area contributed by atoms with Crippen LogP contribution < -0.4 is 4.90 Å². The van der Waals surface area contributed by atoms with Gasteiger partial charge in [-0.15, -0.1) is 11.3 Å². The highest BCUT2D eigenvalue weighted by Crippen LogP contribution is 2.46. The average Bonchev–Trinajstić information content (AvgIpc) is 3.65. The van der Waals surface area contributed by atoms with Crippen LogP contribution in [0.1, 0.15) is 0 Å². The van der Waals surface area contributed by atoms with Crippen LogP contribution in [0.5, 0.6) is 0 Å². The van der Waals surface area contributed by atoms with Gasteiger partial charge in [0.2, 0.25) is 0 Å². The van der Waals surface area contributed by atoms with Crippen LogP contribution >= 0.6 is 11.3 Å². The molecule has 0 bridgehead atoms. The van der Waals surface area contributed by atoms with Gasteiger partial charge in [-0.2, -0.15) is 0 Å². The largest absolute Gasteiger partial charge is 0.310 e. The molecule has 272 valence electrons. The van der Waals surface area contributed by atoms with Gasteiger partial charge in [-0.05, 0) is 109 Å². The Balaban J connectivity index is 1.08. The number of rotatable bonds is 7. The second-order valence-corrected chi connectivity index (χ2v) is 16.0. The Labute approximate surface area is 342 Å². The van der Waals surface area contributed by atoms with Crippen LogP contribution in [0, 0.1) is 0 Å². The van der Waals surface area contributed by atoms with Crippen LogP contribution in [-0.2, 0) is 0 Å². The maximum absolute atomic E-state index is 2.42. The Morgan fingerprint density at radius 2 is 0.845 bits per heavy atom. The van der Waals surface area contributed by atoms with Crippen molar-refractivity contribution in [1.29, 1.82) is 0 Å². The van der Waals surface area contributed by atoms with Crippen molar-refractivity contribution in [3.05, 3.63) is 224 Å². The Bertz CT molecular complexity index is 3270. The number of fused-ring (bicyclic) bond motifs is 5. The third-order valence-corrected chi connectivity index (χ3v) is 12.6. The van der Waals surface area contributed by atoms with Gasteiger partial charge in [0.25, 0.3) is 0 Å². The third kappa shape index (κ3) is 6.03. The maximum Gasteiger partial charge on any atom is 0.0540 e. The number of benzene rings is 10. The van der Waals surface area contributed by atoms with E-state index >= 15 is 0 Å². The lowest BCUT2D eigenvalue weighted by atomic mass is 9.92. The van der Waals surface area contributed by atoms with E-state index < -0.39 is 0 Å². The van der Waals surface area contributed by atoms with E-state index in [1.165, 1.54) is 86.2 Å². The zero-order chi connectivity index (χ0) is 38.4. The van der Waals surface area contributed by atoms with E-state index in [-0.39, 0.29) is 0 Å². The molecule has 0 fully saturated rings. The molecule has 0 amide bonds. The third-order valence-electron chi connectivity index (χ3n) is 11.5. The lowest BCUT2D eigenvalue weighted by Crippen LogP contribution is -2.11. The van der Waals surface area contributed by atoms with Crippen LogP contribution in [0.3, 0.4) is 0 Å². The highest BCUT2D eigenvalue weighted by Gasteiger charge is 2.20. The predicted molar refractivity (Wildman–Crippen MR) is 251 cm³/mol. The van der Waals surface area contributed by atoms with E-state index in [1.54, 1.807) is 0 Å². The van der Waals surface area contributed by atoms with Crippen LogP contribution in [0.4, 0.5) is 17.1 Å². The summed E-state index contributed by atoms with van der Waals surface area (Å²) in [5, 5.41) is 7.70. The Morgan fingerprint density at radius 3 is 1.64 bits per heavy atom. The molecule has 0 saturated carbocycles. The molecule has 0 aliphatic heterocycles. The van der Waals surface area contributed by atoms with Crippen molar-refractivity contribution in [2.24, 2.45) is 0 Å². The minimum Gasteiger partial charge on any atom is -0.310 e.